The SMILES string of the molecule is CNC(=O)c1nnc(NC(=O)C2CC2)cc1Nc1cccc(-c2ccc(P(C)(C)=O)cc2F)c1OC. The van der Waals surface area contributed by atoms with Crippen LogP contribution in [0.15, 0.2) is 42.5 Å². The van der Waals surface area contributed by atoms with Gasteiger partial charge in [0.1, 0.15) is 18.7 Å². The quantitative estimate of drug-likeness (QED) is 0.391. The number of carbonyl (C=O) groups excluding carboxylic acids is 2. The molecule has 1 aliphatic carbocycles. The smallest absolute Gasteiger partial charge is 0.273 e. The molecule has 2 aromatic carbocycles. The standard InChI is InChI=1S/C25H27FN5O4P/c1-27-25(33)22-20(13-21(30-31-22)29-24(32)14-8-9-14)28-19-7-5-6-17(23(19)35-2)16-11-10-15(12-18(16)26)36(3,4)34/h5-7,10-14H,8-9H2,1-4H3,(H,27,33)(H2,28,29,30,32). The Kier molecular flexibility index (Phi) is 7.08. The molecular weight excluding hydrogens is 484 g/mol. The van der Waals surface area contributed by atoms with Gasteiger partial charge in [0.2, 0.25) is 5.91 Å². The van der Waals surface area contributed by atoms with E-state index in [0.29, 0.717) is 22.3 Å². The summed E-state index contributed by atoms with van der Waals surface area (Å²) in [6.07, 6.45) is 1.66. The molecule has 2 amide bonds. The third-order valence-corrected chi connectivity index (χ3v) is 7.31. The van der Waals surface area contributed by atoms with E-state index >= 15 is 4.39 Å². The Bertz CT molecular complexity index is 1390. The third kappa shape index (κ3) is 5.39. The maximum absolute atomic E-state index is 15.1. The number of anilines is 3. The van der Waals surface area contributed by atoms with Crippen molar-refractivity contribution in [2.75, 3.05) is 38.1 Å². The van der Waals surface area contributed by atoms with Crippen LogP contribution in [-0.2, 0) is 9.36 Å². The minimum Gasteiger partial charge on any atom is -0.494 e. The summed E-state index contributed by atoms with van der Waals surface area (Å²) in [5.74, 6) is -0.677. The molecule has 3 aromatic rings. The summed E-state index contributed by atoms with van der Waals surface area (Å²) in [6, 6.07) is 11.1. The van der Waals surface area contributed by atoms with Crippen LogP contribution in [0.1, 0.15) is 23.3 Å². The Hall–Kier alpha value is -3.78. The van der Waals surface area contributed by atoms with E-state index in [1.807, 2.05) is 0 Å². The second kappa shape index (κ2) is 10.1. The summed E-state index contributed by atoms with van der Waals surface area (Å²) in [6.45, 7) is 3.17. The number of nitrogens with one attached hydrogen (secondary N) is 3. The van der Waals surface area contributed by atoms with Gasteiger partial charge in [0.15, 0.2) is 11.5 Å². The molecule has 1 heterocycles. The number of benzene rings is 2. The van der Waals surface area contributed by atoms with E-state index in [1.54, 1.807) is 43.7 Å². The Labute approximate surface area is 208 Å². The molecule has 9 nitrogen and oxygen atoms in total. The minimum atomic E-state index is -2.63. The van der Waals surface area contributed by atoms with E-state index in [-0.39, 0.29) is 34.6 Å². The zero-order valence-electron chi connectivity index (χ0n) is 20.4. The normalized spacial score (nSPS) is 13.1. The molecule has 1 aromatic heterocycles. The molecule has 0 atom stereocenters. The predicted octanol–water partition coefficient (Wildman–Crippen LogP) is 3.99. The Balaban J connectivity index is 1.74. The van der Waals surface area contributed by atoms with E-state index < -0.39 is 18.9 Å². The van der Waals surface area contributed by atoms with Crippen molar-refractivity contribution in [1.29, 1.82) is 0 Å². The lowest BCUT2D eigenvalue weighted by atomic mass is 10.0. The number of hydrogen-bond donors (Lipinski definition) is 3. The number of ether oxygens (including phenoxy) is 1. The van der Waals surface area contributed by atoms with Gasteiger partial charge in [-0.2, -0.15) is 0 Å². The van der Waals surface area contributed by atoms with Gasteiger partial charge in [0.25, 0.3) is 5.91 Å². The van der Waals surface area contributed by atoms with Crippen LogP contribution < -0.4 is 26.0 Å². The summed E-state index contributed by atoms with van der Waals surface area (Å²) < 4.78 is 33.1. The molecule has 0 bridgehead atoms. The van der Waals surface area contributed by atoms with Crippen molar-refractivity contribution < 1.29 is 23.3 Å². The maximum Gasteiger partial charge on any atom is 0.273 e. The summed E-state index contributed by atoms with van der Waals surface area (Å²) in [7, 11) is 0.290. The van der Waals surface area contributed by atoms with Crippen LogP contribution >= 0.6 is 7.14 Å². The van der Waals surface area contributed by atoms with Gasteiger partial charge in [0, 0.05) is 35.5 Å². The van der Waals surface area contributed by atoms with Crippen LogP contribution in [0.5, 0.6) is 5.75 Å². The van der Waals surface area contributed by atoms with Gasteiger partial charge in [-0.15, -0.1) is 10.2 Å². The fourth-order valence-corrected chi connectivity index (χ4v) is 4.54. The first-order chi connectivity index (χ1) is 17.1. The van der Waals surface area contributed by atoms with Crippen LogP contribution in [0.25, 0.3) is 11.1 Å². The maximum atomic E-state index is 15.1. The zero-order chi connectivity index (χ0) is 26.0. The number of methoxy groups -OCH3 is 1. The average Bonchev–Trinajstić information content (AvgIpc) is 3.69. The fraction of sp³-hybridized carbons (Fsp3) is 0.280. The van der Waals surface area contributed by atoms with Gasteiger partial charge >= 0.3 is 0 Å². The molecule has 0 aliphatic heterocycles. The predicted molar refractivity (Wildman–Crippen MR) is 138 cm³/mol. The lowest BCUT2D eigenvalue weighted by Gasteiger charge is -2.18. The number of halogens is 1. The monoisotopic (exact) mass is 511 g/mol. The average molecular weight is 511 g/mol. The van der Waals surface area contributed by atoms with Gasteiger partial charge in [0.05, 0.1) is 18.5 Å². The molecule has 4 rings (SSSR count). The van der Waals surface area contributed by atoms with Crippen LogP contribution in [0.2, 0.25) is 0 Å². The van der Waals surface area contributed by atoms with Crippen molar-refractivity contribution in [3.05, 3.63) is 54.0 Å². The van der Waals surface area contributed by atoms with Gasteiger partial charge in [-0.05, 0) is 38.3 Å². The van der Waals surface area contributed by atoms with Crippen LogP contribution in [0.3, 0.4) is 0 Å². The van der Waals surface area contributed by atoms with E-state index in [0.717, 1.165) is 12.8 Å². The van der Waals surface area contributed by atoms with Crippen LogP contribution in [0.4, 0.5) is 21.6 Å². The molecule has 1 aliphatic rings. The van der Waals surface area contributed by atoms with Crippen molar-refractivity contribution in [3.8, 4) is 16.9 Å². The highest BCUT2D eigenvalue weighted by molar-refractivity contribution is 7.70. The van der Waals surface area contributed by atoms with Gasteiger partial charge < -0.3 is 25.3 Å². The number of amides is 2. The Morgan fingerprint density at radius 1 is 1.06 bits per heavy atom. The molecule has 0 saturated heterocycles. The molecule has 0 spiro atoms. The fourth-order valence-electron chi connectivity index (χ4n) is 3.68. The van der Waals surface area contributed by atoms with Crippen molar-refractivity contribution in [2.24, 2.45) is 5.92 Å². The highest BCUT2D eigenvalue weighted by atomic mass is 31.2. The van der Waals surface area contributed by atoms with Crippen molar-refractivity contribution in [2.45, 2.75) is 12.8 Å². The second-order valence-electron chi connectivity index (χ2n) is 8.86. The number of nitrogens with zero attached hydrogens (tertiary/aromatic N) is 2. The summed E-state index contributed by atoms with van der Waals surface area (Å²) >= 11 is 0. The van der Waals surface area contributed by atoms with E-state index in [1.165, 1.54) is 26.3 Å². The number of carbonyl (C=O) groups is 2. The van der Waals surface area contributed by atoms with E-state index in [4.69, 9.17) is 4.74 Å². The molecule has 1 saturated carbocycles. The highest BCUT2D eigenvalue weighted by Gasteiger charge is 2.30. The van der Waals surface area contributed by atoms with Gasteiger partial charge in [-0.1, -0.05) is 24.3 Å². The summed E-state index contributed by atoms with van der Waals surface area (Å²) in [5.41, 5.74) is 1.45. The third-order valence-electron chi connectivity index (χ3n) is 5.79. The van der Waals surface area contributed by atoms with Gasteiger partial charge in [-0.25, -0.2) is 4.39 Å². The van der Waals surface area contributed by atoms with Gasteiger partial charge in [-0.3, -0.25) is 9.59 Å². The highest BCUT2D eigenvalue weighted by Crippen LogP contribution is 2.41. The molecule has 1 fully saturated rings. The molecule has 0 unspecified atom stereocenters. The number of hydrogen-bond acceptors (Lipinski definition) is 7. The van der Waals surface area contributed by atoms with E-state index in [2.05, 4.69) is 26.1 Å². The lowest BCUT2D eigenvalue weighted by Crippen LogP contribution is -2.22. The molecule has 36 heavy (non-hydrogen) atoms. The first kappa shape index (κ1) is 25.3. The molecular formula is C25H27FN5O4P. The van der Waals surface area contributed by atoms with Crippen molar-refractivity contribution in [1.82, 2.24) is 15.5 Å². The first-order valence-corrected chi connectivity index (χ1v) is 13.9. The first-order valence-electron chi connectivity index (χ1n) is 11.3. The molecule has 11 heteroatoms. The Morgan fingerprint density at radius 2 is 1.81 bits per heavy atom. The number of aromatic nitrogens is 2. The van der Waals surface area contributed by atoms with Crippen LogP contribution in [-0.4, -0.2) is 49.5 Å². The van der Waals surface area contributed by atoms with Crippen LogP contribution in [0, 0.1) is 11.7 Å². The summed E-state index contributed by atoms with van der Waals surface area (Å²) in [5, 5.41) is 16.8. The number of rotatable bonds is 8. The largest absolute Gasteiger partial charge is 0.494 e. The lowest BCUT2D eigenvalue weighted by molar-refractivity contribution is -0.117. The van der Waals surface area contributed by atoms with Crippen molar-refractivity contribution in [3.63, 3.8) is 0 Å². The molecule has 3 N–H and O–H groups in total. The van der Waals surface area contributed by atoms with E-state index in [9.17, 15) is 14.2 Å². The topological polar surface area (TPSA) is 122 Å². The minimum absolute atomic E-state index is 0.00607. The zero-order valence-corrected chi connectivity index (χ0v) is 21.3. The van der Waals surface area contributed by atoms with Crippen molar-refractivity contribution >= 4 is 41.5 Å². The summed E-state index contributed by atoms with van der Waals surface area (Å²) in [4.78, 5) is 24.6. The second-order valence-corrected chi connectivity index (χ2v) is 12.1. The Morgan fingerprint density at radius 3 is 2.42 bits per heavy atom. The number of para-hydroxylation sites is 1. The molecule has 0 radical (unpaired) electrons. The molecule has 188 valence electrons.